The van der Waals surface area contributed by atoms with E-state index in [0.717, 1.165) is 42.7 Å². The first-order valence-electron chi connectivity index (χ1n) is 10.5. The predicted octanol–water partition coefficient (Wildman–Crippen LogP) is 3.95. The Morgan fingerprint density at radius 1 is 1.00 bits per heavy atom. The SMILES string of the molecule is COc1ccc(/C=N\OCC(=O)OCC(=O)N(c2ccccc2)C2CCCCC2)cc1. The minimum absolute atomic E-state index is 0.132. The first-order valence-corrected chi connectivity index (χ1v) is 10.5. The number of amides is 1. The maximum Gasteiger partial charge on any atom is 0.347 e. The summed E-state index contributed by atoms with van der Waals surface area (Å²) in [5.41, 5.74) is 1.63. The van der Waals surface area contributed by atoms with Crippen molar-refractivity contribution >= 4 is 23.8 Å². The molecule has 7 nitrogen and oxygen atoms in total. The summed E-state index contributed by atoms with van der Waals surface area (Å²) in [7, 11) is 1.59. The number of rotatable bonds is 9. The van der Waals surface area contributed by atoms with Crippen LogP contribution in [0.25, 0.3) is 0 Å². The van der Waals surface area contributed by atoms with Crippen LogP contribution in [0.5, 0.6) is 5.75 Å². The van der Waals surface area contributed by atoms with Crippen molar-refractivity contribution in [2.45, 2.75) is 38.1 Å². The third-order valence-corrected chi connectivity index (χ3v) is 5.17. The molecule has 1 aliphatic rings. The van der Waals surface area contributed by atoms with Crippen molar-refractivity contribution in [3.8, 4) is 5.75 Å². The van der Waals surface area contributed by atoms with E-state index >= 15 is 0 Å². The Morgan fingerprint density at radius 2 is 1.71 bits per heavy atom. The lowest BCUT2D eigenvalue weighted by molar-refractivity contribution is -0.152. The fraction of sp³-hybridized carbons (Fsp3) is 0.375. The highest BCUT2D eigenvalue weighted by atomic mass is 16.7. The van der Waals surface area contributed by atoms with Gasteiger partial charge in [0.15, 0.2) is 6.61 Å². The van der Waals surface area contributed by atoms with Gasteiger partial charge in [0.25, 0.3) is 5.91 Å². The van der Waals surface area contributed by atoms with Crippen molar-refractivity contribution in [3.05, 3.63) is 60.2 Å². The summed E-state index contributed by atoms with van der Waals surface area (Å²) in [5.74, 6) is -0.130. The van der Waals surface area contributed by atoms with Crippen molar-refractivity contribution in [1.82, 2.24) is 0 Å². The highest BCUT2D eigenvalue weighted by Gasteiger charge is 2.27. The molecule has 7 heteroatoms. The summed E-state index contributed by atoms with van der Waals surface area (Å²) < 4.78 is 10.2. The second kappa shape index (κ2) is 11.7. The molecule has 0 saturated heterocycles. The van der Waals surface area contributed by atoms with Crippen LogP contribution in [0.1, 0.15) is 37.7 Å². The Bertz CT molecular complexity index is 861. The van der Waals surface area contributed by atoms with Crippen LogP contribution in [0, 0.1) is 0 Å². The van der Waals surface area contributed by atoms with Gasteiger partial charge >= 0.3 is 5.97 Å². The molecule has 0 atom stereocenters. The molecule has 164 valence electrons. The van der Waals surface area contributed by atoms with E-state index in [0.29, 0.717) is 0 Å². The number of para-hydroxylation sites is 1. The van der Waals surface area contributed by atoms with Crippen LogP contribution in [0.2, 0.25) is 0 Å². The zero-order chi connectivity index (χ0) is 21.9. The average molecular weight is 424 g/mol. The van der Waals surface area contributed by atoms with Gasteiger partial charge in [0.05, 0.1) is 13.3 Å². The molecule has 2 aromatic carbocycles. The van der Waals surface area contributed by atoms with Crippen LogP contribution < -0.4 is 9.64 Å². The zero-order valence-electron chi connectivity index (χ0n) is 17.7. The number of oxime groups is 1. The lowest BCUT2D eigenvalue weighted by Crippen LogP contribution is -2.44. The molecular formula is C24H28N2O5. The Hall–Kier alpha value is -3.35. The zero-order valence-corrected chi connectivity index (χ0v) is 17.7. The Labute approximate surface area is 182 Å². The molecule has 2 aromatic rings. The minimum atomic E-state index is -0.642. The summed E-state index contributed by atoms with van der Waals surface area (Å²) >= 11 is 0. The number of hydrogen-bond donors (Lipinski definition) is 0. The van der Waals surface area contributed by atoms with Crippen LogP contribution in [0.15, 0.2) is 59.8 Å². The molecule has 0 unspecified atom stereocenters. The third kappa shape index (κ3) is 6.84. The number of esters is 1. The monoisotopic (exact) mass is 424 g/mol. The van der Waals surface area contributed by atoms with Crippen molar-refractivity contribution < 1.29 is 23.9 Å². The number of ether oxygens (including phenoxy) is 2. The van der Waals surface area contributed by atoms with E-state index in [9.17, 15) is 9.59 Å². The average Bonchev–Trinajstić information content (AvgIpc) is 2.82. The van der Waals surface area contributed by atoms with Crippen molar-refractivity contribution in [1.29, 1.82) is 0 Å². The van der Waals surface area contributed by atoms with Gasteiger partial charge in [-0.05, 0) is 54.8 Å². The van der Waals surface area contributed by atoms with Crippen LogP contribution in [0.4, 0.5) is 5.69 Å². The number of hydrogen-bond acceptors (Lipinski definition) is 6. The second-order valence-electron chi connectivity index (χ2n) is 7.33. The number of methoxy groups -OCH3 is 1. The molecule has 0 aliphatic heterocycles. The predicted molar refractivity (Wildman–Crippen MR) is 118 cm³/mol. The molecule has 0 N–H and O–H groups in total. The number of nitrogens with zero attached hydrogens (tertiary/aromatic N) is 2. The van der Waals surface area contributed by atoms with Crippen molar-refractivity contribution in [2.24, 2.45) is 5.16 Å². The van der Waals surface area contributed by atoms with E-state index in [-0.39, 0.29) is 25.2 Å². The molecule has 0 heterocycles. The normalized spacial score (nSPS) is 14.2. The Kier molecular flexibility index (Phi) is 8.46. The maximum absolute atomic E-state index is 12.9. The largest absolute Gasteiger partial charge is 0.497 e. The minimum Gasteiger partial charge on any atom is -0.497 e. The number of carbonyl (C=O) groups is 2. The van der Waals surface area contributed by atoms with Gasteiger partial charge in [-0.1, -0.05) is 42.6 Å². The van der Waals surface area contributed by atoms with Crippen LogP contribution >= 0.6 is 0 Å². The van der Waals surface area contributed by atoms with Gasteiger partial charge in [-0.25, -0.2) is 4.79 Å². The van der Waals surface area contributed by atoms with E-state index in [4.69, 9.17) is 14.3 Å². The smallest absolute Gasteiger partial charge is 0.347 e. The van der Waals surface area contributed by atoms with Gasteiger partial charge in [0.1, 0.15) is 5.75 Å². The molecule has 0 spiro atoms. The fourth-order valence-electron chi connectivity index (χ4n) is 3.62. The van der Waals surface area contributed by atoms with E-state index in [1.54, 1.807) is 24.1 Å². The van der Waals surface area contributed by atoms with E-state index in [2.05, 4.69) is 5.16 Å². The highest BCUT2D eigenvalue weighted by Crippen LogP contribution is 2.27. The van der Waals surface area contributed by atoms with Gasteiger partial charge in [-0.15, -0.1) is 0 Å². The van der Waals surface area contributed by atoms with E-state index in [1.807, 2.05) is 42.5 Å². The Balaban J connectivity index is 1.48. The summed E-state index contributed by atoms with van der Waals surface area (Å²) in [6, 6.07) is 16.9. The first kappa shape index (κ1) is 22.3. The number of carbonyl (C=O) groups excluding carboxylic acids is 2. The first-order chi connectivity index (χ1) is 15.2. The topological polar surface area (TPSA) is 77.4 Å². The molecule has 3 rings (SSSR count). The van der Waals surface area contributed by atoms with Gasteiger partial charge in [-0.2, -0.15) is 0 Å². The molecular weight excluding hydrogens is 396 g/mol. The molecule has 1 amide bonds. The summed E-state index contributed by atoms with van der Waals surface area (Å²) in [6.45, 7) is -0.690. The molecule has 1 saturated carbocycles. The molecule has 0 aromatic heterocycles. The van der Waals surface area contributed by atoms with Gasteiger partial charge in [0, 0.05) is 11.7 Å². The van der Waals surface area contributed by atoms with Crippen molar-refractivity contribution in [3.63, 3.8) is 0 Å². The maximum atomic E-state index is 12.9. The van der Waals surface area contributed by atoms with E-state index < -0.39 is 5.97 Å². The number of benzene rings is 2. The Morgan fingerprint density at radius 3 is 2.39 bits per heavy atom. The fourth-order valence-corrected chi connectivity index (χ4v) is 3.62. The third-order valence-electron chi connectivity index (χ3n) is 5.17. The summed E-state index contributed by atoms with van der Waals surface area (Å²) in [6.07, 6.45) is 6.78. The molecule has 1 aliphatic carbocycles. The lowest BCUT2D eigenvalue weighted by atomic mass is 9.93. The molecule has 31 heavy (non-hydrogen) atoms. The molecule has 1 fully saturated rings. The van der Waals surface area contributed by atoms with E-state index in [1.165, 1.54) is 12.6 Å². The van der Waals surface area contributed by atoms with Crippen molar-refractivity contribution in [2.75, 3.05) is 25.2 Å². The quantitative estimate of drug-likeness (QED) is 0.346. The van der Waals surface area contributed by atoms with Crippen LogP contribution in [-0.4, -0.2) is 44.5 Å². The second-order valence-corrected chi connectivity index (χ2v) is 7.33. The van der Waals surface area contributed by atoms with Crippen LogP contribution in [0.3, 0.4) is 0 Å². The summed E-state index contributed by atoms with van der Waals surface area (Å²) in [4.78, 5) is 31.6. The van der Waals surface area contributed by atoms with Crippen LogP contribution in [-0.2, 0) is 19.2 Å². The number of anilines is 1. The standard InChI is InChI=1S/C24H28N2O5/c1-29-22-14-12-19(13-15-22)16-25-31-18-24(28)30-17-23(27)26(20-8-4-2-5-9-20)21-10-6-3-7-11-21/h2,4-5,8-9,12-16,21H,3,6-7,10-11,17-18H2,1H3/b25-16-. The summed E-state index contributed by atoms with van der Waals surface area (Å²) in [5, 5.41) is 3.76. The lowest BCUT2D eigenvalue weighted by Gasteiger charge is -2.34. The van der Waals surface area contributed by atoms with Gasteiger partial charge in [-0.3, -0.25) is 4.79 Å². The molecule has 0 radical (unpaired) electrons. The molecule has 0 bridgehead atoms. The highest BCUT2D eigenvalue weighted by molar-refractivity contribution is 5.95. The van der Waals surface area contributed by atoms with Gasteiger partial charge < -0.3 is 19.2 Å². The van der Waals surface area contributed by atoms with Gasteiger partial charge in [0.2, 0.25) is 6.61 Å².